The van der Waals surface area contributed by atoms with E-state index in [1.54, 1.807) is 18.9 Å². The number of pyridine rings is 1. The van der Waals surface area contributed by atoms with Gasteiger partial charge in [-0.05, 0) is 25.5 Å². The van der Waals surface area contributed by atoms with E-state index in [1.165, 1.54) is 5.56 Å². The number of methoxy groups -OCH3 is 1. The van der Waals surface area contributed by atoms with Gasteiger partial charge in [0.2, 0.25) is 5.89 Å². The minimum atomic E-state index is -0.138. The molecule has 0 N–H and O–H groups in total. The smallest absolute Gasteiger partial charge is 0.236 e. The van der Waals surface area contributed by atoms with Crippen LogP contribution in [-0.2, 0) is 16.2 Å². The number of aryl methyl sites for hydroxylation is 1. The van der Waals surface area contributed by atoms with E-state index in [9.17, 15) is 0 Å². The summed E-state index contributed by atoms with van der Waals surface area (Å²) in [5.41, 5.74) is 2.30. The van der Waals surface area contributed by atoms with E-state index in [0.29, 0.717) is 17.5 Å². The van der Waals surface area contributed by atoms with Gasteiger partial charge in [-0.15, -0.1) is 11.8 Å². The first-order valence-electron chi connectivity index (χ1n) is 6.04. The van der Waals surface area contributed by atoms with Gasteiger partial charge in [0.15, 0.2) is 5.82 Å². The molecule has 19 heavy (non-hydrogen) atoms. The van der Waals surface area contributed by atoms with Crippen LogP contribution < -0.4 is 0 Å². The zero-order valence-electron chi connectivity index (χ0n) is 11.3. The Morgan fingerprint density at radius 3 is 3.00 bits per heavy atom. The van der Waals surface area contributed by atoms with Crippen molar-refractivity contribution in [3.8, 4) is 0 Å². The minimum Gasteiger partial charge on any atom is -0.374 e. The summed E-state index contributed by atoms with van der Waals surface area (Å²) in [6.07, 6.45) is 1.68. The van der Waals surface area contributed by atoms with Crippen molar-refractivity contribution in [1.29, 1.82) is 0 Å². The van der Waals surface area contributed by atoms with Crippen molar-refractivity contribution in [2.45, 2.75) is 31.5 Å². The van der Waals surface area contributed by atoms with Gasteiger partial charge in [-0.3, -0.25) is 4.98 Å². The highest BCUT2D eigenvalue weighted by Crippen LogP contribution is 2.19. The summed E-state index contributed by atoms with van der Waals surface area (Å²) in [6, 6.07) is 4.01. The molecular formula is C13H17N3O2S. The fourth-order valence-corrected chi connectivity index (χ4v) is 2.39. The van der Waals surface area contributed by atoms with Crippen LogP contribution >= 0.6 is 11.8 Å². The molecule has 0 bridgehead atoms. The standard InChI is InChI=1S/C13H17N3O2S/c1-9-5-4-6-14-11(9)7-19-8-12-15-13(16-18-12)10(2)17-3/h4-6,10H,7-8H2,1-3H3/t10-/m1/s1. The quantitative estimate of drug-likeness (QED) is 0.810. The number of thioether (sulfide) groups is 1. The Labute approximate surface area is 116 Å². The van der Waals surface area contributed by atoms with Crippen LogP contribution in [0.2, 0.25) is 0 Å². The summed E-state index contributed by atoms with van der Waals surface area (Å²) < 4.78 is 10.3. The summed E-state index contributed by atoms with van der Waals surface area (Å²) in [5, 5.41) is 3.89. The van der Waals surface area contributed by atoms with Crippen LogP contribution in [0, 0.1) is 6.92 Å². The second-order valence-electron chi connectivity index (χ2n) is 4.18. The number of hydrogen-bond donors (Lipinski definition) is 0. The van der Waals surface area contributed by atoms with Crippen molar-refractivity contribution in [1.82, 2.24) is 15.1 Å². The lowest BCUT2D eigenvalue weighted by Crippen LogP contribution is -1.98. The Bertz CT molecular complexity index is 530. The Kier molecular flexibility index (Phi) is 4.93. The second kappa shape index (κ2) is 6.68. The molecule has 102 valence electrons. The van der Waals surface area contributed by atoms with Crippen molar-refractivity contribution >= 4 is 11.8 Å². The first kappa shape index (κ1) is 14.0. The number of hydrogen-bond acceptors (Lipinski definition) is 6. The van der Waals surface area contributed by atoms with Crippen molar-refractivity contribution < 1.29 is 9.26 Å². The second-order valence-corrected chi connectivity index (χ2v) is 5.17. The number of aromatic nitrogens is 3. The first-order valence-corrected chi connectivity index (χ1v) is 7.19. The largest absolute Gasteiger partial charge is 0.374 e. The summed E-state index contributed by atoms with van der Waals surface area (Å²) in [5.74, 6) is 2.73. The highest BCUT2D eigenvalue weighted by atomic mass is 32.2. The maximum absolute atomic E-state index is 5.17. The average molecular weight is 279 g/mol. The van der Waals surface area contributed by atoms with Crippen LogP contribution in [0.3, 0.4) is 0 Å². The van der Waals surface area contributed by atoms with E-state index in [0.717, 1.165) is 11.4 Å². The van der Waals surface area contributed by atoms with E-state index in [-0.39, 0.29) is 6.10 Å². The van der Waals surface area contributed by atoms with Crippen molar-refractivity contribution in [2.24, 2.45) is 0 Å². The van der Waals surface area contributed by atoms with Gasteiger partial charge >= 0.3 is 0 Å². The molecule has 2 aromatic rings. The molecule has 5 nitrogen and oxygen atoms in total. The maximum atomic E-state index is 5.17. The van der Waals surface area contributed by atoms with Crippen LogP contribution in [0.1, 0.15) is 36.0 Å². The van der Waals surface area contributed by atoms with Gasteiger partial charge < -0.3 is 9.26 Å². The SMILES string of the molecule is CO[C@H](C)c1noc(CSCc2ncccc2C)n1. The molecule has 0 amide bonds. The Morgan fingerprint density at radius 1 is 1.42 bits per heavy atom. The summed E-state index contributed by atoms with van der Waals surface area (Å²) >= 11 is 1.71. The van der Waals surface area contributed by atoms with Crippen LogP contribution in [0.4, 0.5) is 0 Å². The molecule has 2 heterocycles. The van der Waals surface area contributed by atoms with Crippen molar-refractivity contribution in [3.05, 3.63) is 41.3 Å². The van der Waals surface area contributed by atoms with Gasteiger partial charge in [-0.2, -0.15) is 4.98 Å². The zero-order chi connectivity index (χ0) is 13.7. The lowest BCUT2D eigenvalue weighted by atomic mass is 10.2. The molecule has 0 radical (unpaired) electrons. The molecule has 0 unspecified atom stereocenters. The molecule has 0 saturated heterocycles. The Hall–Kier alpha value is -1.40. The third-order valence-electron chi connectivity index (χ3n) is 2.78. The van der Waals surface area contributed by atoms with E-state index in [1.807, 2.05) is 19.2 Å². The number of nitrogens with zero attached hydrogens (tertiary/aromatic N) is 3. The van der Waals surface area contributed by atoms with E-state index < -0.39 is 0 Å². The van der Waals surface area contributed by atoms with Gasteiger partial charge in [0, 0.05) is 19.1 Å². The lowest BCUT2D eigenvalue weighted by Gasteiger charge is -2.02. The predicted molar refractivity (Wildman–Crippen MR) is 73.7 cm³/mol. The van der Waals surface area contributed by atoms with Gasteiger partial charge in [0.25, 0.3) is 0 Å². The third-order valence-corrected chi connectivity index (χ3v) is 3.71. The molecular weight excluding hydrogens is 262 g/mol. The molecule has 0 aliphatic rings. The summed E-state index contributed by atoms with van der Waals surface area (Å²) in [6.45, 7) is 3.95. The zero-order valence-corrected chi connectivity index (χ0v) is 12.1. The molecule has 0 aliphatic carbocycles. The molecule has 0 spiro atoms. The van der Waals surface area contributed by atoms with Crippen molar-refractivity contribution in [2.75, 3.05) is 7.11 Å². The maximum Gasteiger partial charge on any atom is 0.236 e. The predicted octanol–water partition coefficient (Wildman–Crippen LogP) is 2.91. The van der Waals surface area contributed by atoms with Crippen LogP contribution in [0.15, 0.2) is 22.9 Å². The normalized spacial score (nSPS) is 12.6. The number of ether oxygens (including phenoxy) is 1. The van der Waals surface area contributed by atoms with Gasteiger partial charge in [-0.25, -0.2) is 0 Å². The van der Waals surface area contributed by atoms with Crippen molar-refractivity contribution in [3.63, 3.8) is 0 Å². The highest BCUT2D eigenvalue weighted by Gasteiger charge is 2.12. The molecule has 2 rings (SSSR count). The monoisotopic (exact) mass is 279 g/mol. The molecule has 2 aromatic heterocycles. The Morgan fingerprint density at radius 2 is 2.26 bits per heavy atom. The fourth-order valence-electron chi connectivity index (χ4n) is 1.50. The third kappa shape index (κ3) is 3.78. The Balaban J connectivity index is 1.86. The summed E-state index contributed by atoms with van der Waals surface area (Å²) in [7, 11) is 1.62. The lowest BCUT2D eigenvalue weighted by molar-refractivity contribution is 0.109. The molecule has 0 aromatic carbocycles. The summed E-state index contributed by atoms with van der Waals surface area (Å²) in [4.78, 5) is 8.64. The van der Waals surface area contributed by atoms with Crippen LogP contribution in [0.5, 0.6) is 0 Å². The first-order chi connectivity index (χ1) is 9.20. The van der Waals surface area contributed by atoms with Crippen LogP contribution in [0.25, 0.3) is 0 Å². The van der Waals surface area contributed by atoms with Gasteiger partial charge in [0.1, 0.15) is 6.10 Å². The number of rotatable bonds is 6. The molecule has 1 atom stereocenters. The molecule has 6 heteroatoms. The van der Waals surface area contributed by atoms with E-state index >= 15 is 0 Å². The van der Waals surface area contributed by atoms with Gasteiger partial charge in [0.05, 0.1) is 11.4 Å². The van der Waals surface area contributed by atoms with E-state index in [2.05, 4.69) is 28.1 Å². The van der Waals surface area contributed by atoms with Gasteiger partial charge in [-0.1, -0.05) is 11.2 Å². The minimum absolute atomic E-state index is 0.138. The topological polar surface area (TPSA) is 61.0 Å². The fraction of sp³-hybridized carbons (Fsp3) is 0.462. The van der Waals surface area contributed by atoms with Crippen LogP contribution in [-0.4, -0.2) is 22.2 Å². The molecule has 0 fully saturated rings. The van der Waals surface area contributed by atoms with E-state index in [4.69, 9.17) is 9.26 Å². The molecule has 0 saturated carbocycles. The molecule has 0 aliphatic heterocycles. The average Bonchev–Trinajstić information content (AvgIpc) is 2.89. The highest BCUT2D eigenvalue weighted by molar-refractivity contribution is 7.97.